The number of aromatic amines is 1. The van der Waals surface area contributed by atoms with Crippen molar-refractivity contribution >= 4 is 16.8 Å². The monoisotopic (exact) mass is 479 g/mol. The molecule has 2 heterocycles. The van der Waals surface area contributed by atoms with Crippen molar-refractivity contribution in [1.29, 1.82) is 0 Å². The molecule has 0 saturated heterocycles. The smallest absolute Gasteiger partial charge is 0.364 e. The number of nitrogens with two attached hydrogens (primary N) is 1. The summed E-state index contributed by atoms with van der Waals surface area (Å²) in [7, 11) is 0. The summed E-state index contributed by atoms with van der Waals surface area (Å²) in [5.41, 5.74) is 3.04. The molecule has 0 radical (unpaired) electrons. The summed E-state index contributed by atoms with van der Waals surface area (Å²) < 4.78 is 70.6. The first-order valence-corrected chi connectivity index (χ1v) is 10.7. The highest BCUT2D eigenvalue weighted by Gasteiger charge is 2.58. The predicted octanol–water partition coefficient (Wildman–Crippen LogP) is 5.09. The van der Waals surface area contributed by atoms with Crippen molar-refractivity contribution in [3.05, 3.63) is 74.8 Å². The van der Waals surface area contributed by atoms with E-state index < -0.39 is 46.4 Å². The van der Waals surface area contributed by atoms with Crippen LogP contribution < -0.4 is 11.2 Å². The second-order valence-corrected chi connectivity index (χ2v) is 9.00. The van der Waals surface area contributed by atoms with E-state index in [0.717, 1.165) is 19.1 Å². The fourth-order valence-corrected chi connectivity index (χ4v) is 5.14. The quantitative estimate of drug-likeness (QED) is 0.511. The molecular weight excluding hydrogens is 457 g/mol. The Balaban J connectivity index is 1.93. The number of amides is 1. The number of hydrogen-bond donors (Lipinski definition) is 2. The van der Waals surface area contributed by atoms with Crippen molar-refractivity contribution in [2.45, 2.75) is 51.1 Å². The fourth-order valence-electron chi connectivity index (χ4n) is 5.14. The maximum absolute atomic E-state index is 14.6. The van der Waals surface area contributed by atoms with E-state index in [9.17, 15) is 31.5 Å². The Labute approximate surface area is 191 Å². The number of primary amides is 1. The Hall–Kier alpha value is -3.30. The van der Waals surface area contributed by atoms with E-state index in [1.54, 1.807) is 6.92 Å². The van der Waals surface area contributed by atoms with Crippen LogP contribution in [0.5, 0.6) is 0 Å². The van der Waals surface area contributed by atoms with Gasteiger partial charge >= 0.3 is 6.18 Å². The highest BCUT2D eigenvalue weighted by Crippen LogP contribution is 2.60. The summed E-state index contributed by atoms with van der Waals surface area (Å²) in [5.74, 6) is -4.74. The average molecular weight is 479 g/mol. The molecule has 0 aliphatic heterocycles. The van der Waals surface area contributed by atoms with Crippen LogP contribution >= 0.6 is 0 Å². The summed E-state index contributed by atoms with van der Waals surface area (Å²) in [6, 6.07) is 4.81. The number of hydrogen-bond acceptors (Lipinski definition) is 3. The molecule has 3 atom stereocenters. The van der Waals surface area contributed by atoms with Crippen LogP contribution in [0.2, 0.25) is 0 Å². The summed E-state index contributed by atoms with van der Waals surface area (Å²) in [4.78, 5) is 31.4. The first-order valence-electron chi connectivity index (χ1n) is 10.7. The summed E-state index contributed by atoms with van der Waals surface area (Å²) in [6.07, 6.45) is -3.92. The molecule has 1 saturated carbocycles. The van der Waals surface area contributed by atoms with E-state index in [4.69, 9.17) is 5.73 Å². The van der Waals surface area contributed by atoms with Crippen LogP contribution in [0.4, 0.5) is 22.0 Å². The molecule has 0 bridgehead atoms. The van der Waals surface area contributed by atoms with E-state index in [1.165, 1.54) is 18.3 Å². The zero-order chi connectivity index (χ0) is 25.0. The van der Waals surface area contributed by atoms with Gasteiger partial charge in [0.1, 0.15) is 5.69 Å². The van der Waals surface area contributed by atoms with Crippen LogP contribution in [0.25, 0.3) is 10.9 Å². The van der Waals surface area contributed by atoms with Gasteiger partial charge in [0, 0.05) is 23.9 Å². The normalized spacial score (nSPS) is 22.9. The molecule has 3 aromatic rings. The number of pyridine rings is 2. The number of carbonyl (C=O) groups excluding carboxylic acids is 1. The van der Waals surface area contributed by atoms with Crippen LogP contribution in [0.15, 0.2) is 35.3 Å². The SMILES string of the molecule is CCc1c([C@@H]2C[C@@](C)(C(F)(F)F)CC2c2cc(=O)c3c(C(N)=O)nccc3[nH]2)ccc(F)c1F. The molecule has 1 aliphatic carbocycles. The lowest BCUT2D eigenvalue weighted by atomic mass is 9.82. The van der Waals surface area contributed by atoms with Gasteiger partial charge in [-0.05, 0) is 48.4 Å². The Morgan fingerprint density at radius 1 is 1.21 bits per heavy atom. The molecule has 1 unspecified atom stereocenters. The van der Waals surface area contributed by atoms with Gasteiger partial charge in [0.25, 0.3) is 5.91 Å². The van der Waals surface area contributed by atoms with Gasteiger partial charge in [0.05, 0.1) is 16.3 Å². The van der Waals surface area contributed by atoms with Gasteiger partial charge in [0.15, 0.2) is 17.1 Å². The highest BCUT2D eigenvalue weighted by molar-refractivity contribution is 6.03. The number of halogens is 5. The Bertz CT molecular complexity index is 1350. The molecule has 2 aromatic heterocycles. The highest BCUT2D eigenvalue weighted by atomic mass is 19.4. The number of nitrogens with zero attached hydrogens (tertiary/aromatic N) is 1. The minimum absolute atomic E-state index is 0.0183. The third kappa shape index (κ3) is 3.74. The van der Waals surface area contributed by atoms with Gasteiger partial charge in [0.2, 0.25) is 0 Å². The topological polar surface area (TPSA) is 88.8 Å². The molecule has 1 aromatic carbocycles. The Morgan fingerprint density at radius 3 is 2.50 bits per heavy atom. The van der Waals surface area contributed by atoms with E-state index in [-0.39, 0.29) is 52.7 Å². The maximum atomic E-state index is 14.6. The second-order valence-electron chi connectivity index (χ2n) is 9.00. The van der Waals surface area contributed by atoms with Gasteiger partial charge in [-0.15, -0.1) is 0 Å². The van der Waals surface area contributed by atoms with Crippen LogP contribution in [-0.4, -0.2) is 22.1 Å². The number of aromatic nitrogens is 2. The number of rotatable bonds is 4. The molecule has 1 fully saturated rings. The average Bonchev–Trinajstić information content (AvgIpc) is 3.13. The fraction of sp³-hybridized carbons (Fsp3) is 0.375. The van der Waals surface area contributed by atoms with Crippen LogP contribution in [-0.2, 0) is 6.42 Å². The lowest BCUT2D eigenvalue weighted by Gasteiger charge is -2.27. The standard InChI is InChI=1S/C24H22F5N3O2/c1-3-11-12(4-5-15(25)20(11)26)13-9-23(2,24(27,28)29)10-14(13)17-8-18(33)19-16(32-17)6-7-31-21(19)22(30)34/h4-8,13-14H,3,9-10H2,1-2H3,(H2,30,34)(H,32,33)/t13-,14?,23+/m0/s1. The molecule has 0 spiro atoms. The molecular formula is C24H22F5N3O2. The summed E-state index contributed by atoms with van der Waals surface area (Å²) in [5, 5.41) is -0.0612. The molecule has 34 heavy (non-hydrogen) atoms. The van der Waals surface area contributed by atoms with Gasteiger partial charge in [-0.3, -0.25) is 14.6 Å². The Kier molecular flexibility index (Phi) is 5.73. The molecule has 180 valence electrons. The third-order valence-corrected chi connectivity index (χ3v) is 6.89. The molecule has 5 nitrogen and oxygen atoms in total. The zero-order valence-electron chi connectivity index (χ0n) is 18.4. The first kappa shape index (κ1) is 23.8. The van der Waals surface area contributed by atoms with Crippen LogP contribution in [0, 0.1) is 17.0 Å². The molecule has 1 amide bonds. The van der Waals surface area contributed by atoms with Crippen molar-refractivity contribution in [3.8, 4) is 0 Å². The number of benzene rings is 1. The van der Waals surface area contributed by atoms with E-state index in [1.807, 2.05) is 0 Å². The van der Waals surface area contributed by atoms with Gasteiger partial charge in [-0.2, -0.15) is 13.2 Å². The largest absolute Gasteiger partial charge is 0.394 e. The number of H-pyrrole nitrogens is 1. The number of fused-ring (bicyclic) bond motifs is 1. The van der Waals surface area contributed by atoms with Gasteiger partial charge in [-0.25, -0.2) is 8.78 Å². The third-order valence-electron chi connectivity index (χ3n) is 6.89. The maximum Gasteiger partial charge on any atom is 0.394 e. The summed E-state index contributed by atoms with van der Waals surface area (Å²) in [6.45, 7) is 2.70. The lowest BCUT2D eigenvalue weighted by molar-refractivity contribution is -0.216. The van der Waals surface area contributed by atoms with Crippen LogP contribution in [0.1, 0.15) is 65.8 Å². The van der Waals surface area contributed by atoms with E-state index in [0.29, 0.717) is 0 Å². The van der Waals surface area contributed by atoms with Crippen molar-refractivity contribution in [1.82, 2.24) is 9.97 Å². The minimum atomic E-state index is -4.55. The van der Waals surface area contributed by atoms with Crippen molar-refractivity contribution in [2.24, 2.45) is 11.1 Å². The summed E-state index contributed by atoms with van der Waals surface area (Å²) >= 11 is 0. The predicted molar refractivity (Wildman–Crippen MR) is 115 cm³/mol. The van der Waals surface area contributed by atoms with Gasteiger partial charge in [-0.1, -0.05) is 19.9 Å². The molecule has 10 heteroatoms. The van der Waals surface area contributed by atoms with E-state index >= 15 is 0 Å². The van der Waals surface area contributed by atoms with E-state index in [2.05, 4.69) is 9.97 Å². The number of carbonyl (C=O) groups is 1. The number of alkyl halides is 3. The number of nitrogens with one attached hydrogen (secondary N) is 1. The molecule has 1 aliphatic rings. The second kappa shape index (κ2) is 8.18. The zero-order valence-corrected chi connectivity index (χ0v) is 18.4. The first-order chi connectivity index (χ1) is 15.9. The van der Waals surface area contributed by atoms with Crippen molar-refractivity contribution in [2.75, 3.05) is 0 Å². The van der Waals surface area contributed by atoms with Gasteiger partial charge < -0.3 is 10.7 Å². The minimum Gasteiger partial charge on any atom is -0.364 e. The Morgan fingerprint density at radius 2 is 1.88 bits per heavy atom. The van der Waals surface area contributed by atoms with Crippen LogP contribution in [0.3, 0.4) is 0 Å². The van der Waals surface area contributed by atoms with Crippen molar-refractivity contribution in [3.63, 3.8) is 0 Å². The molecule has 3 N–H and O–H groups in total. The van der Waals surface area contributed by atoms with Crippen molar-refractivity contribution < 1.29 is 26.7 Å². The molecule has 4 rings (SSSR count). The lowest BCUT2D eigenvalue weighted by Crippen LogP contribution is -2.32.